The molecular formula is C18H21N5O2. The van der Waals surface area contributed by atoms with Gasteiger partial charge in [0.2, 0.25) is 11.9 Å². The van der Waals surface area contributed by atoms with Gasteiger partial charge in [-0.3, -0.25) is 9.59 Å². The average Bonchev–Trinajstić information content (AvgIpc) is 2.96. The predicted molar refractivity (Wildman–Crippen MR) is 93.2 cm³/mol. The van der Waals surface area contributed by atoms with Gasteiger partial charge in [0.1, 0.15) is 6.54 Å². The largest absolute Gasteiger partial charge is 0.345 e. The lowest BCUT2D eigenvalue weighted by molar-refractivity contribution is -0.135. The first-order valence-corrected chi connectivity index (χ1v) is 8.66. The van der Waals surface area contributed by atoms with Gasteiger partial charge in [-0.15, -0.1) is 0 Å². The third-order valence-corrected chi connectivity index (χ3v) is 5.05. The maximum atomic E-state index is 12.8. The second kappa shape index (κ2) is 6.66. The lowest BCUT2D eigenvalue weighted by Crippen LogP contribution is -2.48. The maximum Gasteiger partial charge on any atom is 0.242 e. The smallest absolute Gasteiger partial charge is 0.242 e. The van der Waals surface area contributed by atoms with Crippen molar-refractivity contribution in [1.29, 1.82) is 0 Å². The molecule has 5 rings (SSSR count). The first kappa shape index (κ1) is 15.8. The average molecular weight is 339 g/mol. The summed E-state index contributed by atoms with van der Waals surface area (Å²) in [5.41, 5.74) is -0.0453. The fourth-order valence-corrected chi connectivity index (χ4v) is 3.80. The van der Waals surface area contributed by atoms with E-state index in [4.69, 9.17) is 0 Å². The summed E-state index contributed by atoms with van der Waals surface area (Å²) in [6.07, 6.45) is 9.00. The van der Waals surface area contributed by atoms with E-state index in [0.717, 1.165) is 38.4 Å². The molecule has 0 saturated carbocycles. The van der Waals surface area contributed by atoms with E-state index in [-0.39, 0.29) is 23.9 Å². The van der Waals surface area contributed by atoms with Crippen LogP contribution in [-0.2, 0) is 11.3 Å². The topological polar surface area (TPSA) is 71.3 Å². The summed E-state index contributed by atoms with van der Waals surface area (Å²) in [6, 6.07) is 4.97. The number of fused-ring (bicyclic) bond motifs is 4. The van der Waals surface area contributed by atoms with Crippen LogP contribution in [0.2, 0.25) is 0 Å². The summed E-state index contributed by atoms with van der Waals surface area (Å²) < 4.78 is 1.76. The number of nitrogens with zero attached hydrogens (tertiary/aromatic N) is 5. The van der Waals surface area contributed by atoms with Crippen molar-refractivity contribution in [3.63, 3.8) is 0 Å². The van der Waals surface area contributed by atoms with Gasteiger partial charge in [-0.25, -0.2) is 9.97 Å². The Kier molecular flexibility index (Phi) is 4.21. The molecule has 1 amide bonds. The summed E-state index contributed by atoms with van der Waals surface area (Å²) in [7, 11) is 0. The van der Waals surface area contributed by atoms with Gasteiger partial charge in [0.15, 0.2) is 5.43 Å². The van der Waals surface area contributed by atoms with Crippen LogP contribution >= 0.6 is 0 Å². The number of hydrogen-bond donors (Lipinski definition) is 0. The number of rotatable bonds is 3. The van der Waals surface area contributed by atoms with Gasteiger partial charge in [0, 0.05) is 62.6 Å². The summed E-state index contributed by atoms with van der Waals surface area (Å²) in [5, 5.41) is 0. The summed E-state index contributed by atoms with van der Waals surface area (Å²) in [6.45, 7) is 2.72. The van der Waals surface area contributed by atoms with Crippen molar-refractivity contribution in [2.24, 2.45) is 5.92 Å². The highest BCUT2D eigenvalue weighted by molar-refractivity contribution is 5.76. The Morgan fingerprint density at radius 2 is 1.84 bits per heavy atom. The summed E-state index contributed by atoms with van der Waals surface area (Å²) in [4.78, 5) is 37.0. The second-order valence-corrected chi connectivity index (χ2v) is 6.80. The van der Waals surface area contributed by atoms with E-state index in [2.05, 4.69) is 14.9 Å². The Bertz CT molecular complexity index is 786. The highest BCUT2D eigenvalue weighted by atomic mass is 16.2. The summed E-state index contributed by atoms with van der Waals surface area (Å²) in [5.74, 6) is 1.30. The van der Waals surface area contributed by atoms with Crippen LogP contribution in [0.3, 0.4) is 0 Å². The molecule has 2 aromatic rings. The minimum Gasteiger partial charge on any atom is -0.345 e. The monoisotopic (exact) mass is 339 g/mol. The molecule has 5 heterocycles. The molecule has 3 aliphatic heterocycles. The number of aromatic nitrogens is 3. The minimum absolute atomic E-state index is 0.0453. The second-order valence-electron chi connectivity index (χ2n) is 6.80. The third kappa shape index (κ3) is 3.40. The molecular weight excluding hydrogens is 318 g/mol. The molecule has 0 N–H and O–H groups in total. The van der Waals surface area contributed by atoms with Crippen molar-refractivity contribution < 1.29 is 4.79 Å². The van der Waals surface area contributed by atoms with Gasteiger partial charge in [-0.2, -0.15) is 0 Å². The van der Waals surface area contributed by atoms with Crippen LogP contribution in [-0.4, -0.2) is 51.0 Å². The van der Waals surface area contributed by atoms with Crippen LogP contribution in [0, 0.1) is 5.92 Å². The number of pyridine rings is 1. The molecule has 7 nitrogen and oxygen atoms in total. The third-order valence-electron chi connectivity index (χ3n) is 5.05. The van der Waals surface area contributed by atoms with E-state index in [0.29, 0.717) is 5.92 Å². The van der Waals surface area contributed by atoms with E-state index in [1.807, 2.05) is 11.0 Å². The number of carbonyl (C=O) groups excluding carboxylic acids is 1. The molecule has 0 radical (unpaired) electrons. The van der Waals surface area contributed by atoms with Gasteiger partial charge in [0.25, 0.3) is 0 Å². The Morgan fingerprint density at radius 3 is 2.60 bits per heavy atom. The van der Waals surface area contributed by atoms with Gasteiger partial charge in [0.05, 0.1) is 0 Å². The first-order chi connectivity index (χ1) is 12.2. The molecule has 3 saturated heterocycles. The van der Waals surface area contributed by atoms with Crippen molar-refractivity contribution >= 4 is 11.9 Å². The quantitative estimate of drug-likeness (QED) is 0.826. The molecule has 7 heteroatoms. The lowest BCUT2D eigenvalue weighted by atomic mass is 9.95. The van der Waals surface area contributed by atoms with Crippen LogP contribution in [0.4, 0.5) is 5.95 Å². The number of carbonyl (C=O) groups is 1. The molecule has 25 heavy (non-hydrogen) atoms. The Balaban J connectivity index is 1.49. The first-order valence-electron chi connectivity index (χ1n) is 8.66. The van der Waals surface area contributed by atoms with Gasteiger partial charge in [-0.05, 0) is 24.8 Å². The molecule has 3 fully saturated rings. The number of hydrogen-bond acceptors (Lipinski definition) is 5. The SMILES string of the molecule is O=C(Cn1ccc(=O)cc1)N1C[C@H]2CC[C@@H]1CN(c1ncccn1)C2. The fraction of sp³-hybridized carbons (Fsp3) is 0.444. The molecule has 2 atom stereocenters. The van der Waals surface area contributed by atoms with Gasteiger partial charge >= 0.3 is 0 Å². The molecule has 2 aromatic heterocycles. The zero-order chi connectivity index (χ0) is 17.2. The molecule has 3 aliphatic rings. The molecule has 0 unspecified atom stereocenters. The number of amides is 1. The Labute approximate surface area is 145 Å². The van der Waals surface area contributed by atoms with Crippen LogP contribution in [0.5, 0.6) is 0 Å². The zero-order valence-corrected chi connectivity index (χ0v) is 14.0. The van der Waals surface area contributed by atoms with Crippen molar-refractivity contribution in [2.75, 3.05) is 24.5 Å². The zero-order valence-electron chi connectivity index (χ0n) is 14.0. The fourth-order valence-electron chi connectivity index (χ4n) is 3.80. The maximum absolute atomic E-state index is 12.8. The van der Waals surface area contributed by atoms with Crippen LogP contribution in [0.1, 0.15) is 12.8 Å². The van der Waals surface area contributed by atoms with Crippen LogP contribution in [0.15, 0.2) is 47.8 Å². The van der Waals surface area contributed by atoms with E-state index in [1.54, 1.807) is 29.4 Å². The van der Waals surface area contributed by atoms with E-state index in [1.165, 1.54) is 12.1 Å². The normalized spacial score (nSPS) is 22.7. The molecule has 0 spiro atoms. The molecule has 2 bridgehead atoms. The molecule has 130 valence electrons. The standard InChI is InChI=1S/C18H21N5O2/c24-16-4-8-21(9-5-16)13-17(25)23-11-14-2-3-15(23)12-22(10-14)18-19-6-1-7-20-18/h1,4-9,14-15H,2-3,10-13H2/t14-,15+/m0/s1. The number of piperidine rings is 1. The molecule has 0 aliphatic carbocycles. The lowest BCUT2D eigenvalue weighted by Gasteiger charge is -2.36. The minimum atomic E-state index is -0.0453. The van der Waals surface area contributed by atoms with E-state index in [9.17, 15) is 9.59 Å². The van der Waals surface area contributed by atoms with Gasteiger partial charge < -0.3 is 14.4 Å². The van der Waals surface area contributed by atoms with E-state index < -0.39 is 0 Å². The molecule has 0 aromatic carbocycles. The van der Waals surface area contributed by atoms with E-state index >= 15 is 0 Å². The highest BCUT2D eigenvalue weighted by Gasteiger charge is 2.37. The van der Waals surface area contributed by atoms with Crippen LogP contribution < -0.4 is 10.3 Å². The highest BCUT2D eigenvalue weighted by Crippen LogP contribution is 2.29. The van der Waals surface area contributed by atoms with Crippen LogP contribution in [0.25, 0.3) is 0 Å². The van der Waals surface area contributed by atoms with Crippen molar-refractivity contribution in [2.45, 2.75) is 25.4 Å². The van der Waals surface area contributed by atoms with Crippen molar-refractivity contribution in [1.82, 2.24) is 19.4 Å². The number of anilines is 1. The Morgan fingerprint density at radius 1 is 1.08 bits per heavy atom. The van der Waals surface area contributed by atoms with Crippen molar-refractivity contribution in [3.8, 4) is 0 Å². The predicted octanol–water partition coefficient (Wildman–Crippen LogP) is 0.766. The Hall–Kier alpha value is -2.70. The van der Waals surface area contributed by atoms with Gasteiger partial charge in [-0.1, -0.05) is 0 Å². The summed E-state index contributed by atoms with van der Waals surface area (Å²) >= 11 is 0. The van der Waals surface area contributed by atoms with Crippen molar-refractivity contribution in [3.05, 3.63) is 53.2 Å².